The zero-order valence-electron chi connectivity index (χ0n) is 12.8. The highest BCUT2D eigenvalue weighted by Gasteiger charge is 2.25. The molecule has 22 heavy (non-hydrogen) atoms. The summed E-state index contributed by atoms with van der Waals surface area (Å²) in [5.74, 6) is 0.670. The maximum Gasteiger partial charge on any atom is 0.0996 e. The summed E-state index contributed by atoms with van der Waals surface area (Å²) < 4.78 is 8.83. The van der Waals surface area contributed by atoms with E-state index in [4.69, 9.17) is 4.42 Å². The number of furan rings is 1. The minimum Gasteiger partial charge on any atom is -0.472 e. The molecule has 2 aromatic heterocycles. The lowest BCUT2D eigenvalue weighted by Gasteiger charge is -2.23. The average molecular weight is 358 g/mol. The smallest absolute Gasteiger partial charge is 0.0996 e. The molecule has 0 radical (unpaired) electrons. The third-order valence-electron chi connectivity index (χ3n) is 5.01. The highest BCUT2D eigenvalue weighted by molar-refractivity contribution is 9.10. The van der Waals surface area contributed by atoms with Gasteiger partial charge in [-0.3, -0.25) is 0 Å². The lowest BCUT2D eigenvalue weighted by atomic mass is 9.82. The quantitative estimate of drug-likeness (QED) is 0.530. The van der Waals surface area contributed by atoms with Gasteiger partial charge in [-0.1, -0.05) is 41.3 Å². The lowest BCUT2D eigenvalue weighted by Crippen LogP contribution is -2.06. The second kappa shape index (κ2) is 5.62. The Morgan fingerprint density at radius 3 is 2.68 bits per heavy atom. The van der Waals surface area contributed by atoms with Crippen LogP contribution in [0.3, 0.4) is 0 Å². The number of halogens is 1. The number of aryl methyl sites for hydroxylation is 1. The van der Waals surface area contributed by atoms with Crippen LogP contribution in [-0.2, 0) is 7.05 Å². The number of benzene rings is 1. The maximum absolute atomic E-state index is 5.36. The molecule has 0 amide bonds. The summed E-state index contributed by atoms with van der Waals surface area (Å²) in [6.07, 6.45) is 10.3. The monoisotopic (exact) mass is 357 g/mol. The molecule has 3 heteroatoms. The van der Waals surface area contributed by atoms with Crippen molar-refractivity contribution in [3.63, 3.8) is 0 Å². The Bertz CT molecular complexity index is 795. The number of hydrogen-bond acceptors (Lipinski definition) is 1. The van der Waals surface area contributed by atoms with Crippen molar-refractivity contribution in [1.82, 2.24) is 4.57 Å². The number of hydrogen-bond donors (Lipinski definition) is 0. The summed E-state index contributed by atoms with van der Waals surface area (Å²) in [6.45, 7) is 0. The van der Waals surface area contributed by atoms with Gasteiger partial charge in [0.15, 0.2) is 0 Å². The van der Waals surface area contributed by atoms with Crippen LogP contribution in [0.25, 0.3) is 22.2 Å². The molecule has 0 unspecified atom stereocenters. The Labute approximate surface area is 139 Å². The van der Waals surface area contributed by atoms with Gasteiger partial charge in [-0.05, 0) is 42.5 Å². The van der Waals surface area contributed by atoms with Gasteiger partial charge < -0.3 is 8.98 Å². The molecule has 0 bridgehead atoms. The summed E-state index contributed by atoms with van der Waals surface area (Å²) in [7, 11) is 2.17. The zero-order chi connectivity index (χ0) is 15.1. The number of nitrogens with zero attached hydrogens (tertiary/aromatic N) is 1. The Morgan fingerprint density at radius 2 is 1.95 bits per heavy atom. The minimum absolute atomic E-state index is 0.670. The van der Waals surface area contributed by atoms with E-state index in [0.29, 0.717) is 5.92 Å². The first-order chi connectivity index (χ1) is 10.8. The SMILES string of the molecule is Cn1c(-c2ccoc2)c(C2CCCCC2)c2ccc(Br)cc21. The summed E-state index contributed by atoms with van der Waals surface area (Å²) in [5.41, 5.74) is 5.33. The standard InChI is InChI=1S/C19H20BrNO/c1-21-17-11-15(20)7-8-16(17)18(13-5-3-2-4-6-13)19(21)14-9-10-22-12-14/h7-13H,2-6H2,1H3. The summed E-state index contributed by atoms with van der Waals surface area (Å²) in [5, 5.41) is 1.40. The van der Waals surface area contributed by atoms with E-state index in [1.54, 1.807) is 6.26 Å². The number of aromatic nitrogens is 1. The van der Waals surface area contributed by atoms with Gasteiger partial charge in [0.2, 0.25) is 0 Å². The van der Waals surface area contributed by atoms with E-state index in [-0.39, 0.29) is 0 Å². The molecule has 114 valence electrons. The van der Waals surface area contributed by atoms with Crippen LogP contribution in [0.15, 0.2) is 45.7 Å². The minimum atomic E-state index is 0.670. The fourth-order valence-corrected chi connectivity index (χ4v) is 4.34. The molecule has 4 rings (SSSR count). The number of rotatable bonds is 2. The lowest BCUT2D eigenvalue weighted by molar-refractivity contribution is 0.446. The van der Waals surface area contributed by atoms with Crippen molar-refractivity contribution < 1.29 is 4.42 Å². The fourth-order valence-electron chi connectivity index (χ4n) is 3.99. The van der Waals surface area contributed by atoms with Crippen molar-refractivity contribution >= 4 is 26.8 Å². The predicted molar refractivity (Wildman–Crippen MR) is 94.1 cm³/mol. The van der Waals surface area contributed by atoms with E-state index in [9.17, 15) is 0 Å². The van der Waals surface area contributed by atoms with Crippen LogP contribution in [0.5, 0.6) is 0 Å². The number of fused-ring (bicyclic) bond motifs is 1. The van der Waals surface area contributed by atoms with E-state index in [1.807, 2.05) is 6.26 Å². The van der Waals surface area contributed by atoms with Gasteiger partial charge in [-0.15, -0.1) is 0 Å². The van der Waals surface area contributed by atoms with Gasteiger partial charge in [-0.2, -0.15) is 0 Å². The molecule has 0 atom stereocenters. The molecule has 1 saturated carbocycles. The first-order valence-corrected chi connectivity index (χ1v) is 8.85. The van der Waals surface area contributed by atoms with Crippen molar-refractivity contribution in [2.45, 2.75) is 38.0 Å². The first kappa shape index (κ1) is 14.1. The molecule has 0 saturated heterocycles. The van der Waals surface area contributed by atoms with Gasteiger partial charge in [0.25, 0.3) is 0 Å². The molecule has 3 aromatic rings. The van der Waals surface area contributed by atoms with Gasteiger partial charge in [0.1, 0.15) is 0 Å². The molecule has 2 nitrogen and oxygen atoms in total. The topological polar surface area (TPSA) is 18.1 Å². The molecular formula is C19H20BrNO. The van der Waals surface area contributed by atoms with Crippen LogP contribution >= 0.6 is 15.9 Å². The van der Waals surface area contributed by atoms with Crippen molar-refractivity contribution in [3.05, 3.63) is 46.8 Å². The molecule has 0 N–H and O–H groups in total. The van der Waals surface area contributed by atoms with Crippen molar-refractivity contribution in [2.75, 3.05) is 0 Å². The van der Waals surface area contributed by atoms with Crippen LogP contribution in [0.4, 0.5) is 0 Å². The Hall–Kier alpha value is -1.48. The molecule has 1 aliphatic rings. The van der Waals surface area contributed by atoms with Crippen LogP contribution in [-0.4, -0.2) is 4.57 Å². The molecule has 1 aliphatic carbocycles. The Kier molecular flexibility index (Phi) is 3.61. The predicted octanol–water partition coefficient (Wildman–Crippen LogP) is 6.25. The van der Waals surface area contributed by atoms with Gasteiger partial charge in [0.05, 0.1) is 18.2 Å². The summed E-state index contributed by atoms with van der Waals surface area (Å²) in [4.78, 5) is 0. The first-order valence-electron chi connectivity index (χ1n) is 8.06. The Morgan fingerprint density at radius 1 is 1.14 bits per heavy atom. The second-order valence-electron chi connectivity index (χ2n) is 6.33. The third-order valence-corrected chi connectivity index (χ3v) is 5.50. The van der Waals surface area contributed by atoms with E-state index >= 15 is 0 Å². The normalized spacial score (nSPS) is 16.5. The van der Waals surface area contributed by atoms with Gasteiger partial charge in [0, 0.05) is 28.0 Å². The average Bonchev–Trinajstić information content (AvgIpc) is 3.15. The second-order valence-corrected chi connectivity index (χ2v) is 7.25. The van der Waals surface area contributed by atoms with Crippen LogP contribution in [0.1, 0.15) is 43.6 Å². The van der Waals surface area contributed by atoms with Crippen LogP contribution in [0.2, 0.25) is 0 Å². The van der Waals surface area contributed by atoms with Gasteiger partial charge in [-0.25, -0.2) is 0 Å². The fraction of sp³-hybridized carbons (Fsp3) is 0.368. The van der Waals surface area contributed by atoms with Crippen LogP contribution in [0, 0.1) is 0 Å². The Balaban J connectivity index is 2.00. The summed E-state index contributed by atoms with van der Waals surface area (Å²) in [6, 6.07) is 8.74. The van der Waals surface area contributed by atoms with E-state index < -0.39 is 0 Å². The maximum atomic E-state index is 5.36. The molecule has 0 aliphatic heterocycles. The van der Waals surface area contributed by atoms with E-state index in [0.717, 1.165) is 4.47 Å². The molecule has 1 fully saturated rings. The third kappa shape index (κ3) is 2.23. The van der Waals surface area contributed by atoms with Crippen molar-refractivity contribution in [1.29, 1.82) is 0 Å². The van der Waals surface area contributed by atoms with Gasteiger partial charge >= 0.3 is 0 Å². The van der Waals surface area contributed by atoms with Crippen molar-refractivity contribution in [2.24, 2.45) is 7.05 Å². The summed E-state index contributed by atoms with van der Waals surface area (Å²) >= 11 is 3.61. The highest BCUT2D eigenvalue weighted by Crippen LogP contribution is 2.44. The zero-order valence-corrected chi connectivity index (χ0v) is 14.4. The molecule has 0 spiro atoms. The highest BCUT2D eigenvalue weighted by atomic mass is 79.9. The van der Waals surface area contributed by atoms with E-state index in [1.165, 1.54) is 59.8 Å². The molecular weight excluding hydrogens is 338 g/mol. The molecule has 1 aromatic carbocycles. The van der Waals surface area contributed by atoms with E-state index in [2.05, 4.69) is 51.8 Å². The largest absolute Gasteiger partial charge is 0.472 e. The van der Waals surface area contributed by atoms with Crippen LogP contribution < -0.4 is 0 Å². The van der Waals surface area contributed by atoms with Crippen molar-refractivity contribution in [3.8, 4) is 11.3 Å². The molecule has 2 heterocycles.